The monoisotopic (exact) mass is 294 g/mol. The molecule has 1 N–H and O–H groups in total. The molecule has 4 nitrogen and oxygen atoms in total. The largest absolute Gasteiger partial charge is 0.494 e. The van der Waals surface area contributed by atoms with E-state index in [-0.39, 0.29) is 23.5 Å². The molecular weight excluding hydrogens is 271 g/mol. The third-order valence-corrected chi connectivity index (χ3v) is 3.86. The quantitative estimate of drug-likeness (QED) is 0.839. The van der Waals surface area contributed by atoms with Crippen LogP contribution in [0, 0.1) is 5.82 Å². The second-order valence-electron chi connectivity index (χ2n) is 5.49. The number of carbonyl (C=O) groups excluding carboxylic acids is 1. The number of methoxy groups -OCH3 is 1. The fourth-order valence-corrected chi connectivity index (χ4v) is 2.28. The number of benzene rings is 1. The number of hydrogen-bond acceptors (Lipinski definition) is 3. The van der Waals surface area contributed by atoms with Gasteiger partial charge in [0.05, 0.1) is 13.2 Å². The van der Waals surface area contributed by atoms with Crippen LogP contribution in [-0.4, -0.2) is 36.5 Å². The lowest BCUT2D eigenvalue weighted by Crippen LogP contribution is -2.45. The maximum Gasteiger partial charge on any atom is 0.237 e. The molecule has 0 heterocycles. The number of hydrogen-bond donors (Lipinski definition) is 1. The van der Waals surface area contributed by atoms with Crippen LogP contribution in [0.3, 0.4) is 0 Å². The molecule has 1 aliphatic carbocycles. The molecule has 21 heavy (non-hydrogen) atoms. The molecule has 0 saturated heterocycles. The van der Waals surface area contributed by atoms with Gasteiger partial charge >= 0.3 is 0 Å². The van der Waals surface area contributed by atoms with E-state index in [1.807, 2.05) is 24.8 Å². The van der Waals surface area contributed by atoms with Gasteiger partial charge < -0.3 is 10.1 Å². The van der Waals surface area contributed by atoms with E-state index in [0.29, 0.717) is 12.6 Å². The molecule has 116 valence electrons. The molecule has 1 amide bonds. The second kappa shape index (κ2) is 6.89. The van der Waals surface area contributed by atoms with E-state index in [2.05, 4.69) is 5.32 Å². The smallest absolute Gasteiger partial charge is 0.237 e. The molecule has 1 aromatic carbocycles. The molecule has 0 aromatic heterocycles. The van der Waals surface area contributed by atoms with Crippen molar-refractivity contribution in [2.45, 2.75) is 45.3 Å². The first kappa shape index (κ1) is 15.8. The lowest BCUT2D eigenvalue weighted by Gasteiger charge is -2.27. The van der Waals surface area contributed by atoms with E-state index in [4.69, 9.17) is 4.74 Å². The third-order valence-electron chi connectivity index (χ3n) is 3.86. The lowest BCUT2D eigenvalue weighted by atomic mass is 10.1. The maximum absolute atomic E-state index is 13.7. The summed E-state index contributed by atoms with van der Waals surface area (Å²) in [7, 11) is 1.45. The van der Waals surface area contributed by atoms with Crippen molar-refractivity contribution in [1.82, 2.24) is 10.2 Å². The Morgan fingerprint density at radius 3 is 2.76 bits per heavy atom. The Bertz CT molecular complexity index is 503. The minimum atomic E-state index is -0.374. The normalized spacial score (nSPS) is 15.9. The summed E-state index contributed by atoms with van der Waals surface area (Å²) < 4.78 is 18.6. The minimum Gasteiger partial charge on any atom is -0.494 e. The van der Waals surface area contributed by atoms with Crippen LogP contribution in [0.4, 0.5) is 4.39 Å². The summed E-state index contributed by atoms with van der Waals surface area (Å²) >= 11 is 0. The second-order valence-corrected chi connectivity index (χ2v) is 5.49. The Morgan fingerprint density at radius 1 is 1.52 bits per heavy atom. The van der Waals surface area contributed by atoms with Crippen LogP contribution in [0.15, 0.2) is 18.2 Å². The molecule has 0 unspecified atom stereocenters. The molecule has 0 aliphatic heterocycles. The number of nitrogens with zero attached hydrogens (tertiary/aromatic N) is 1. The van der Waals surface area contributed by atoms with Gasteiger partial charge in [-0.05, 0) is 44.0 Å². The van der Waals surface area contributed by atoms with Gasteiger partial charge in [-0.2, -0.15) is 0 Å². The van der Waals surface area contributed by atoms with Gasteiger partial charge in [0.2, 0.25) is 5.91 Å². The molecule has 1 fully saturated rings. The van der Waals surface area contributed by atoms with Crippen LogP contribution in [0.5, 0.6) is 5.75 Å². The highest BCUT2D eigenvalue weighted by Gasteiger charge is 2.27. The van der Waals surface area contributed by atoms with Crippen LogP contribution >= 0.6 is 0 Å². The average Bonchev–Trinajstić information content (AvgIpc) is 3.28. The number of carbonyl (C=O) groups is 1. The molecular formula is C16H23FN2O2. The van der Waals surface area contributed by atoms with Crippen molar-refractivity contribution < 1.29 is 13.9 Å². The Labute approximate surface area is 125 Å². The Morgan fingerprint density at radius 2 is 2.24 bits per heavy atom. The molecule has 0 spiro atoms. The summed E-state index contributed by atoms with van der Waals surface area (Å²) in [4.78, 5) is 14.1. The van der Waals surface area contributed by atoms with E-state index < -0.39 is 0 Å². The summed E-state index contributed by atoms with van der Waals surface area (Å²) in [6, 6.07) is 5.05. The van der Waals surface area contributed by atoms with Crippen LogP contribution in [0.25, 0.3) is 0 Å². The van der Waals surface area contributed by atoms with Gasteiger partial charge in [-0.1, -0.05) is 13.0 Å². The fraction of sp³-hybridized carbons (Fsp3) is 0.562. The Hall–Kier alpha value is -1.62. The minimum absolute atomic E-state index is 0.0494. The molecule has 1 aliphatic rings. The molecule has 1 atom stereocenters. The number of halogens is 1. The van der Waals surface area contributed by atoms with E-state index >= 15 is 0 Å². The standard InChI is InChI=1S/C16H23FN2O2/c1-4-19(11(2)16(20)18-13-6-7-13)10-12-5-8-15(21-3)14(17)9-12/h5,8-9,11,13H,4,6-7,10H2,1-3H3,(H,18,20)/t11-/m0/s1. The van der Waals surface area contributed by atoms with Gasteiger partial charge in [0.1, 0.15) is 0 Å². The number of likely N-dealkylation sites (N-methyl/N-ethyl adjacent to an activating group) is 1. The van der Waals surface area contributed by atoms with E-state index in [0.717, 1.165) is 24.9 Å². The van der Waals surface area contributed by atoms with Crippen molar-refractivity contribution in [2.24, 2.45) is 0 Å². The summed E-state index contributed by atoms with van der Waals surface area (Å²) in [5.74, 6) is -0.0872. The molecule has 2 rings (SSSR count). The van der Waals surface area contributed by atoms with Gasteiger partial charge in [0, 0.05) is 12.6 Å². The SMILES string of the molecule is CCN(Cc1ccc(OC)c(F)c1)[C@@H](C)C(=O)NC1CC1. The molecule has 5 heteroatoms. The highest BCUT2D eigenvalue weighted by molar-refractivity contribution is 5.81. The number of ether oxygens (including phenoxy) is 1. The highest BCUT2D eigenvalue weighted by Crippen LogP contribution is 2.21. The number of amides is 1. The predicted molar refractivity (Wildman–Crippen MR) is 79.7 cm³/mol. The van der Waals surface area contributed by atoms with Crippen molar-refractivity contribution in [1.29, 1.82) is 0 Å². The Kier molecular flexibility index (Phi) is 5.17. The Balaban J connectivity index is 2.00. The van der Waals surface area contributed by atoms with Gasteiger partial charge in [0.25, 0.3) is 0 Å². The maximum atomic E-state index is 13.7. The van der Waals surface area contributed by atoms with Crippen LogP contribution in [0.2, 0.25) is 0 Å². The summed E-state index contributed by atoms with van der Waals surface area (Å²) in [6.45, 7) is 5.16. The van der Waals surface area contributed by atoms with Gasteiger partial charge in [0.15, 0.2) is 11.6 Å². The van der Waals surface area contributed by atoms with Crippen molar-refractivity contribution in [2.75, 3.05) is 13.7 Å². The lowest BCUT2D eigenvalue weighted by molar-refractivity contribution is -0.126. The van der Waals surface area contributed by atoms with Gasteiger partial charge in [-0.3, -0.25) is 9.69 Å². The van der Waals surface area contributed by atoms with Crippen molar-refractivity contribution >= 4 is 5.91 Å². The first-order valence-electron chi connectivity index (χ1n) is 7.42. The highest BCUT2D eigenvalue weighted by atomic mass is 19.1. The summed E-state index contributed by atoms with van der Waals surface area (Å²) in [6.07, 6.45) is 2.16. The third kappa shape index (κ3) is 4.17. The van der Waals surface area contributed by atoms with E-state index in [9.17, 15) is 9.18 Å². The number of nitrogens with one attached hydrogen (secondary N) is 1. The first-order valence-corrected chi connectivity index (χ1v) is 7.42. The van der Waals surface area contributed by atoms with Crippen LogP contribution in [0.1, 0.15) is 32.3 Å². The number of rotatable bonds is 7. The van der Waals surface area contributed by atoms with Crippen LogP contribution in [-0.2, 0) is 11.3 Å². The predicted octanol–water partition coefficient (Wildman–Crippen LogP) is 2.32. The van der Waals surface area contributed by atoms with Crippen molar-refractivity contribution in [3.8, 4) is 5.75 Å². The average molecular weight is 294 g/mol. The van der Waals surface area contributed by atoms with Crippen LogP contribution < -0.4 is 10.1 Å². The first-order chi connectivity index (χ1) is 10.0. The summed E-state index contributed by atoms with van der Waals surface area (Å²) in [5, 5.41) is 3.01. The zero-order valence-electron chi connectivity index (χ0n) is 12.9. The molecule has 0 radical (unpaired) electrons. The molecule has 1 saturated carbocycles. The topological polar surface area (TPSA) is 41.6 Å². The fourth-order valence-electron chi connectivity index (χ4n) is 2.28. The van der Waals surface area contributed by atoms with E-state index in [1.165, 1.54) is 13.2 Å². The van der Waals surface area contributed by atoms with Gasteiger partial charge in [-0.25, -0.2) is 4.39 Å². The zero-order chi connectivity index (χ0) is 15.4. The molecule has 0 bridgehead atoms. The van der Waals surface area contributed by atoms with E-state index in [1.54, 1.807) is 6.07 Å². The van der Waals surface area contributed by atoms with Gasteiger partial charge in [-0.15, -0.1) is 0 Å². The van der Waals surface area contributed by atoms with Crippen molar-refractivity contribution in [3.05, 3.63) is 29.6 Å². The summed E-state index contributed by atoms with van der Waals surface area (Å²) in [5.41, 5.74) is 0.834. The van der Waals surface area contributed by atoms with Crippen molar-refractivity contribution in [3.63, 3.8) is 0 Å². The zero-order valence-corrected chi connectivity index (χ0v) is 12.9. The molecule has 1 aromatic rings.